The molecule has 8 nitrogen and oxygen atoms in total. The van der Waals surface area contributed by atoms with E-state index in [2.05, 4.69) is 5.32 Å². The van der Waals surface area contributed by atoms with Crippen molar-refractivity contribution in [1.82, 2.24) is 4.31 Å². The van der Waals surface area contributed by atoms with E-state index in [1.807, 2.05) is 0 Å². The van der Waals surface area contributed by atoms with Crippen molar-refractivity contribution in [3.05, 3.63) is 28.3 Å². The van der Waals surface area contributed by atoms with Crippen LogP contribution in [0.25, 0.3) is 0 Å². The number of aliphatic hydroxyl groups excluding tert-OH is 1. The molecule has 0 bridgehead atoms. The molecule has 0 aliphatic carbocycles. The molecule has 1 atom stereocenters. The zero-order valence-electron chi connectivity index (χ0n) is 10.8. The lowest BCUT2D eigenvalue weighted by atomic mass is 10.3. The molecule has 1 aromatic carbocycles. The van der Waals surface area contributed by atoms with E-state index >= 15 is 0 Å². The smallest absolute Gasteiger partial charge is 0.291 e. The van der Waals surface area contributed by atoms with E-state index in [1.54, 1.807) is 7.05 Å². The molecule has 0 amide bonds. The predicted octanol–water partition coefficient (Wildman–Crippen LogP) is 0.392. The zero-order valence-corrected chi connectivity index (χ0v) is 11.6. The van der Waals surface area contributed by atoms with Gasteiger partial charge in [0.2, 0.25) is 10.0 Å². The summed E-state index contributed by atoms with van der Waals surface area (Å²) in [5, 5.41) is 23.2. The average molecular weight is 301 g/mol. The highest BCUT2D eigenvalue weighted by atomic mass is 32.2. The molecular weight excluding hydrogens is 286 g/mol. The van der Waals surface area contributed by atoms with Crippen molar-refractivity contribution in [2.75, 3.05) is 25.5 Å². The van der Waals surface area contributed by atoms with Gasteiger partial charge in [-0.1, -0.05) is 0 Å². The van der Waals surface area contributed by atoms with Crippen LogP contribution in [0.1, 0.15) is 6.42 Å². The van der Waals surface area contributed by atoms with Gasteiger partial charge in [-0.2, -0.15) is 4.31 Å². The van der Waals surface area contributed by atoms with Gasteiger partial charge in [-0.3, -0.25) is 10.1 Å². The van der Waals surface area contributed by atoms with Gasteiger partial charge >= 0.3 is 0 Å². The van der Waals surface area contributed by atoms with Gasteiger partial charge in [0.15, 0.2) is 4.90 Å². The largest absolute Gasteiger partial charge is 0.392 e. The molecule has 1 heterocycles. The highest BCUT2D eigenvalue weighted by molar-refractivity contribution is 7.89. The summed E-state index contributed by atoms with van der Waals surface area (Å²) >= 11 is 0. The molecule has 1 unspecified atom stereocenters. The van der Waals surface area contributed by atoms with E-state index in [4.69, 9.17) is 0 Å². The maximum atomic E-state index is 12.4. The van der Waals surface area contributed by atoms with E-state index in [0.29, 0.717) is 12.1 Å². The third-order valence-electron chi connectivity index (χ3n) is 3.19. The molecule has 0 aromatic heterocycles. The Balaban J connectivity index is 2.48. The quantitative estimate of drug-likeness (QED) is 0.614. The summed E-state index contributed by atoms with van der Waals surface area (Å²) in [6.07, 6.45) is -0.387. The fraction of sp³-hybridized carbons (Fsp3) is 0.455. The van der Waals surface area contributed by atoms with Crippen molar-refractivity contribution in [1.29, 1.82) is 0 Å². The van der Waals surface area contributed by atoms with Crippen LogP contribution in [0, 0.1) is 10.1 Å². The Labute approximate surface area is 116 Å². The second-order valence-electron chi connectivity index (χ2n) is 4.50. The van der Waals surface area contributed by atoms with Gasteiger partial charge in [0.1, 0.15) is 0 Å². The first-order valence-corrected chi connectivity index (χ1v) is 7.44. The summed E-state index contributed by atoms with van der Waals surface area (Å²) in [6, 6.07) is 3.86. The van der Waals surface area contributed by atoms with Crippen molar-refractivity contribution < 1.29 is 18.4 Å². The van der Waals surface area contributed by atoms with Crippen molar-refractivity contribution >= 4 is 21.4 Å². The number of anilines is 1. The Hall–Kier alpha value is -1.71. The highest BCUT2D eigenvalue weighted by Crippen LogP contribution is 2.31. The predicted molar refractivity (Wildman–Crippen MR) is 72.0 cm³/mol. The van der Waals surface area contributed by atoms with Crippen LogP contribution in [-0.2, 0) is 10.0 Å². The minimum atomic E-state index is -3.97. The Bertz CT molecular complexity index is 631. The fourth-order valence-corrected chi connectivity index (χ4v) is 3.73. The van der Waals surface area contributed by atoms with E-state index in [-0.39, 0.29) is 18.0 Å². The normalized spacial score (nSPS) is 20.0. The summed E-state index contributed by atoms with van der Waals surface area (Å²) in [5.41, 5.74) is -0.0182. The first-order valence-electron chi connectivity index (χ1n) is 6.00. The molecule has 2 rings (SSSR count). The number of nitrogens with zero attached hydrogens (tertiary/aromatic N) is 2. The highest BCUT2D eigenvalue weighted by Gasteiger charge is 2.36. The molecular formula is C11H15N3O5S. The van der Waals surface area contributed by atoms with Crippen LogP contribution in [-0.4, -0.2) is 49.0 Å². The molecule has 110 valence electrons. The number of benzene rings is 1. The maximum Gasteiger partial charge on any atom is 0.291 e. The molecule has 1 aromatic rings. The number of hydrogen-bond acceptors (Lipinski definition) is 6. The zero-order chi connectivity index (χ0) is 14.9. The van der Waals surface area contributed by atoms with Crippen LogP contribution >= 0.6 is 0 Å². The number of β-amino-alcohol motifs (C(OH)–C–C–N with tert-alkyl or cyclic N) is 1. The molecule has 1 aliphatic rings. The van der Waals surface area contributed by atoms with Crippen LogP contribution in [0.3, 0.4) is 0 Å². The molecule has 2 N–H and O–H groups in total. The Kier molecular flexibility index (Phi) is 3.93. The topological polar surface area (TPSA) is 113 Å². The Morgan fingerprint density at radius 1 is 1.50 bits per heavy atom. The monoisotopic (exact) mass is 301 g/mol. The first-order chi connectivity index (χ1) is 9.36. The van der Waals surface area contributed by atoms with E-state index in [9.17, 15) is 23.6 Å². The lowest BCUT2D eigenvalue weighted by Crippen LogP contribution is -2.30. The minimum absolute atomic E-state index is 0.0345. The van der Waals surface area contributed by atoms with Crippen LogP contribution in [0.15, 0.2) is 23.1 Å². The third kappa shape index (κ3) is 2.60. The number of aliphatic hydroxyl groups is 1. The molecule has 9 heteroatoms. The number of nitro benzene ring substituents is 1. The fourth-order valence-electron chi connectivity index (χ4n) is 2.10. The van der Waals surface area contributed by atoms with Gasteiger partial charge in [0.25, 0.3) is 5.69 Å². The van der Waals surface area contributed by atoms with Crippen LogP contribution in [0.4, 0.5) is 11.4 Å². The molecule has 1 fully saturated rings. The Morgan fingerprint density at radius 2 is 2.20 bits per heavy atom. The second kappa shape index (κ2) is 5.35. The standard InChI is InChI=1S/C11H15N3O5S/c1-12-8-2-3-11(10(6-8)14(16)17)20(18,19)13-5-4-9(15)7-13/h2-3,6,9,12,15H,4-5,7H2,1H3. The van der Waals surface area contributed by atoms with Gasteiger partial charge in [-0.05, 0) is 18.6 Å². The molecule has 20 heavy (non-hydrogen) atoms. The minimum Gasteiger partial charge on any atom is -0.392 e. The van der Waals surface area contributed by atoms with Gasteiger partial charge < -0.3 is 10.4 Å². The maximum absolute atomic E-state index is 12.4. The van der Waals surface area contributed by atoms with Gasteiger partial charge in [0, 0.05) is 31.9 Å². The van der Waals surface area contributed by atoms with Gasteiger partial charge in [0.05, 0.1) is 11.0 Å². The Morgan fingerprint density at radius 3 is 2.70 bits per heavy atom. The first kappa shape index (κ1) is 14.7. The number of hydrogen-bond donors (Lipinski definition) is 2. The molecule has 0 saturated carbocycles. The third-order valence-corrected chi connectivity index (χ3v) is 5.10. The van der Waals surface area contributed by atoms with Crippen molar-refractivity contribution in [2.45, 2.75) is 17.4 Å². The molecule has 1 saturated heterocycles. The van der Waals surface area contributed by atoms with Crippen molar-refractivity contribution in [3.8, 4) is 0 Å². The summed E-state index contributed by atoms with van der Waals surface area (Å²) in [4.78, 5) is 9.99. The average Bonchev–Trinajstić information content (AvgIpc) is 2.85. The number of sulfonamides is 1. The van der Waals surface area contributed by atoms with Crippen LogP contribution in [0.2, 0.25) is 0 Å². The second-order valence-corrected chi connectivity index (χ2v) is 6.40. The number of rotatable bonds is 4. The van der Waals surface area contributed by atoms with Crippen LogP contribution in [0.5, 0.6) is 0 Å². The lowest BCUT2D eigenvalue weighted by Gasteiger charge is -2.16. The van der Waals surface area contributed by atoms with Crippen molar-refractivity contribution in [3.63, 3.8) is 0 Å². The number of nitrogens with one attached hydrogen (secondary N) is 1. The summed E-state index contributed by atoms with van der Waals surface area (Å²) in [5.74, 6) is 0. The SMILES string of the molecule is CNc1ccc(S(=O)(=O)N2CCC(O)C2)c([N+](=O)[O-])c1. The van der Waals surface area contributed by atoms with Crippen LogP contribution < -0.4 is 5.32 Å². The number of nitro groups is 1. The molecule has 1 aliphatic heterocycles. The van der Waals surface area contributed by atoms with Gasteiger partial charge in [-0.15, -0.1) is 0 Å². The lowest BCUT2D eigenvalue weighted by molar-refractivity contribution is -0.387. The van der Waals surface area contributed by atoms with Gasteiger partial charge in [-0.25, -0.2) is 8.42 Å². The summed E-state index contributed by atoms with van der Waals surface area (Å²) < 4.78 is 25.9. The van der Waals surface area contributed by atoms with Crippen molar-refractivity contribution in [2.24, 2.45) is 0 Å². The summed E-state index contributed by atoms with van der Waals surface area (Å²) in [6.45, 7) is 0.127. The molecule has 0 spiro atoms. The summed E-state index contributed by atoms with van der Waals surface area (Å²) in [7, 11) is -2.38. The molecule has 0 radical (unpaired) electrons. The van der Waals surface area contributed by atoms with E-state index in [1.165, 1.54) is 18.2 Å². The van der Waals surface area contributed by atoms with E-state index < -0.39 is 26.7 Å². The van der Waals surface area contributed by atoms with E-state index in [0.717, 1.165) is 4.31 Å².